The van der Waals surface area contributed by atoms with E-state index in [1.807, 2.05) is 24.3 Å². The lowest BCUT2D eigenvalue weighted by molar-refractivity contribution is 0.0817. The van der Waals surface area contributed by atoms with Crippen molar-refractivity contribution in [3.63, 3.8) is 0 Å². The quantitative estimate of drug-likeness (QED) is 0.783. The fourth-order valence-corrected chi connectivity index (χ4v) is 3.88. The number of carbonyl (C=O) groups excluding carboxylic acids is 1. The van der Waals surface area contributed by atoms with Crippen LogP contribution in [0.3, 0.4) is 0 Å². The predicted molar refractivity (Wildman–Crippen MR) is 94.8 cm³/mol. The molecule has 0 unspecified atom stereocenters. The molecule has 1 saturated carbocycles. The first-order chi connectivity index (χ1) is 10.9. The van der Waals surface area contributed by atoms with Crippen LogP contribution in [-0.4, -0.2) is 16.1 Å². The Bertz CT molecular complexity index is 720. The van der Waals surface area contributed by atoms with E-state index in [0.29, 0.717) is 10.7 Å². The van der Waals surface area contributed by atoms with Crippen molar-refractivity contribution in [3.05, 3.63) is 50.7 Å². The van der Waals surface area contributed by atoms with E-state index in [1.54, 1.807) is 0 Å². The summed E-state index contributed by atoms with van der Waals surface area (Å²) in [5, 5.41) is 11.0. The van der Waals surface area contributed by atoms with Crippen LogP contribution >= 0.6 is 27.5 Å². The fraction of sp³-hybridized carbons (Fsp3) is 0.412. The van der Waals surface area contributed by atoms with Crippen LogP contribution in [0.4, 0.5) is 0 Å². The van der Waals surface area contributed by atoms with E-state index in [4.69, 9.17) is 11.6 Å². The standard InChI is InChI=1S/C17H19BrClN3O/c1-10(2)14-13(18)15(22-21-14)16(23)20-17(8-3-9-17)11-4-6-12(19)7-5-11/h4-7,10H,3,8-9H2,1-2H3,(H,20,23)(H,21,22). The molecule has 122 valence electrons. The van der Waals surface area contributed by atoms with Crippen molar-refractivity contribution in [3.8, 4) is 0 Å². The highest BCUT2D eigenvalue weighted by atomic mass is 79.9. The minimum atomic E-state index is -0.307. The summed E-state index contributed by atoms with van der Waals surface area (Å²) in [7, 11) is 0. The van der Waals surface area contributed by atoms with E-state index in [9.17, 15) is 4.79 Å². The Morgan fingerprint density at radius 1 is 1.35 bits per heavy atom. The number of benzene rings is 1. The molecule has 1 fully saturated rings. The molecule has 1 amide bonds. The molecule has 0 saturated heterocycles. The summed E-state index contributed by atoms with van der Waals surface area (Å²) >= 11 is 9.46. The highest BCUT2D eigenvalue weighted by molar-refractivity contribution is 9.10. The molecular weight excluding hydrogens is 378 g/mol. The molecule has 1 aliphatic rings. The van der Waals surface area contributed by atoms with Crippen molar-refractivity contribution < 1.29 is 4.79 Å². The van der Waals surface area contributed by atoms with Gasteiger partial charge in [0.25, 0.3) is 5.91 Å². The van der Waals surface area contributed by atoms with E-state index < -0.39 is 0 Å². The van der Waals surface area contributed by atoms with Crippen LogP contribution < -0.4 is 5.32 Å². The Hall–Kier alpha value is -1.33. The van der Waals surface area contributed by atoms with Gasteiger partial charge < -0.3 is 5.32 Å². The van der Waals surface area contributed by atoms with Gasteiger partial charge in [-0.3, -0.25) is 9.89 Å². The van der Waals surface area contributed by atoms with E-state index in [-0.39, 0.29) is 17.4 Å². The van der Waals surface area contributed by atoms with Gasteiger partial charge in [-0.05, 0) is 58.8 Å². The van der Waals surface area contributed by atoms with Crippen LogP contribution in [0.25, 0.3) is 0 Å². The van der Waals surface area contributed by atoms with Gasteiger partial charge in [-0.1, -0.05) is 37.6 Å². The second-order valence-electron chi connectivity index (χ2n) is 6.35. The summed E-state index contributed by atoms with van der Waals surface area (Å²) < 4.78 is 0.746. The van der Waals surface area contributed by atoms with Crippen molar-refractivity contribution >= 4 is 33.4 Å². The number of H-pyrrole nitrogens is 1. The number of aromatic nitrogens is 2. The number of amides is 1. The average molecular weight is 397 g/mol. The molecule has 1 aromatic carbocycles. The maximum Gasteiger partial charge on any atom is 0.273 e. The Morgan fingerprint density at radius 3 is 2.48 bits per heavy atom. The lowest BCUT2D eigenvalue weighted by Crippen LogP contribution is -2.50. The number of aromatic amines is 1. The van der Waals surface area contributed by atoms with Gasteiger partial charge in [0.2, 0.25) is 0 Å². The monoisotopic (exact) mass is 395 g/mol. The van der Waals surface area contributed by atoms with Crippen LogP contribution in [0.5, 0.6) is 0 Å². The fourth-order valence-electron chi connectivity index (χ4n) is 2.94. The van der Waals surface area contributed by atoms with E-state index >= 15 is 0 Å². The normalized spacial score (nSPS) is 16.2. The molecule has 0 spiro atoms. The molecule has 3 rings (SSSR count). The Balaban J connectivity index is 1.85. The molecule has 2 aromatic rings. The van der Waals surface area contributed by atoms with Gasteiger partial charge in [-0.15, -0.1) is 0 Å². The summed E-state index contributed by atoms with van der Waals surface area (Å²) in [5.74, 6) is 0.113. The van der Waals surface area contributed by atoms with Gasteiger partial charge in [0.05, 0.1) is 15.7 Å². The van der Waals surface area contributed by atoms with Crippen LogP contribution in [0.2, 0.25) is 5.02 Å². The summed E-state index contributed by atoms with van der Waals surface area (Å²) in [6, 6.07) is 7.71. The summed E-state index contributed by atoms with van der Waals surface area (Å²) in [4.78, 5) is 12.7. The van der Waals surface area contributed by atoms with Gasteiger partial charge in [-0.2, -0.15) is 5.10 Å². The lowest BCUT2D eigenvalue weighted by atomic mass is 9.71. The van der Waals surface area contributed by atoms with Gasteiger partial charge >= 0.3 is 0 Å². The van der Waals surface area contributed by atoms with Crippen molar-refractivity contribution in [2.24, 2.45) is 0 Å². The summed E-state index contributed by atoms with van der Waals surface area (Å²) in [6.45, 7) is 4.11. The van der Waals surface area contributed by atoms with Crippen molar-refractivity contribution in [2.45, 2.75) is 44.6 Å². The molecule has 1 heterocycles. The van der Waals surface area contributed by atoms with Crippen LogP contribution in [0.15, 0.2) is 28.7 Å². The number of nitrogens with one attached hydrogen (secondary N) is 2. The number of rotatable bonds is 4. The molecular formula is C17H19BrClN3O. The van der Waals surface area contributed by atoms with E-state index in [0.717, 1.165) is 35.0 Å². The van der Waals surface area contributed by atoms with Crippen LogP contribution in [-0.2, 0) is 5.54 Å². The average Bonchev–Trinajstić information content (AvgIpc) is 2.86. The van der Waals surface area contributed by atoms with Crippen LogP contribution in [0, 0.1) is 0 Å². The maximum atomic E-state index is 12.7. The molecule has 1 aromatic heterocycles. The number of hydrogen-bond donors (Lipinski definition) is 2. The zero-order chi connectivity index (χ0) is 16.6. The zero-order valence-corrected chi connectivity index (χ0v) is 15.5. The van der Waals surface area contributed by atoms with E-state index in [1.165, 1.54) is 0 Å². The molecule has 0 atom stereocenters. The first-order valence-corrected chi connectivity index (χ1v) is 8.92. The lowest BCUT2D eigenvalue weighted by Gasteiger charge is -2.43. The molecule has 1 aliphatic carbocycles. The number of carbonyl (C=O) groups is 1. The molecule has 4 nitrogen and oxygen atoms in total. The SMILES string of the molecule is CC(C)c1[nH]nc(C(=O)NC2(c3ccc(Cl)cc3)CCC2)c1Br. The molecule has 0 aliphatic heterocycles. The van der Waals surface area contributed by atoms with Gasteiger partial charge in [0.15, 0.2) is 5.69 Å². The first-order valence-electron chi connectivity index (χ1n) is 7.75. The number of nitrogens with zero attached hydrogens (tertiary/aromatic N) is 1. The Morgan fingerprint density at radius 2 is 2.00 bits per heavy atom. The largest absolute Gasteiger partial charge is 0.341 e. The smallest absolute Gasteiger partial charge is 0.273 e. The Kier molecular flexibility index (Phi) is 4.52. The molecule has 0 radical (unpaired) electrons. The summed E-state index contributed by atoms with van der Waals surface area (Å²) in [5.41, 5.74) is 2.13. The third-order valence-electron chi connectivity index (χ3n) is 4.48. The zero-order valence-electron chi connectivity index (χ0n) is 13.1. The van der Waals surface area contributed by atoms with Crippen molar-refractivity contribution in [1.82, 2.24) is 15.5 Å². The molecule has 0 bridgehead atoms. The van der Waals surface area contributed by atoms with Gasteiger partial charge in [-0.25, -0.2) is 0 Å². The topological polar surface area (TPSA) is 57.8 Å². The number of halogens is 2. The third-order valence-corrected chi connectivity index (χ3v) is 5.54. The minimum Gasteiger partial charge on any atom is -0.341 e. The minimum absolute atomic E-state index is 0.158. The molecule has 6 heteroatoms. The predicted octanol–water partition coefficient (Wildman–Crippen LogP) is 4.76. The first kappa shape index (κ1) is 16.5. The van der Waals surface area contributed by atoms with Gasteiger partial charge in [0.1, 0.15) is 0 Å². The second-order valence-corrected chi connectivity index (χ2v) is 7.58. The molecule has 2 N–H and O–H groups in total. The van der Waals surface area contributed by atoms with E-state index in [2.05, 4.69) is 45.3 Å². The van der Waals surface area contributed by atoms with Gasteiger partial charge in [0, 0.05) is 5.02 Å². The Labute approximate surface area is 149 Å². The highest BCUT2D eigenvalue weighted by Gasteiger charge is 2.40. The third kappa shape index (κ3) is 3.04. The number of hydrogen-bond acceptors (Lipinski definition) is 2. The molecule has 23 heavy (non-hydrogen) atoms. The highest BCUT2D eigenvalue weighted by Crippen LogP contribution is 2.42. The van der Waals surface area contributed by atoms with Crippen molar-refractivity contribution in [1.29, 1.82) is 0 Å². The van der Waals surface area contributed by atoms with Crippen molar-refractivity contribution in [2.75, 3.05) is 0 Å². The summed E-state index contributed by atoms with van der Waals surface area (Å²) in [6.07, 6.45) is 2.96. The van der Waals surface area contributed by atoms with Crippen LogP contribution in [0.1, 0.15) is 60.8 Å². The second kappa shape index (κ2) is 6.29. The maximum absolute atomic E-state index is 12.7.